The maximum Gasteiger partial charge on any atom is 0.334 e. The largest absolute Gasteiger partial charge is 0.479 e. The van der Waals surface area contributed by atoms with Gasteiger partial charge in [0.25, 0.3) is 5.91 Å². The van der Waals surface area contributed by atoms with Crippen molar-refractivity contribution >= 4 is 79.6 Å². The lowest BCUT2D eigenvalue weighted by molar-refractivity contribution is -0.146. The Bertz CT molecular complexity index is 492. The summed E-state index contributed by atoms with van der Waals surface area (Å²) in [4.78, 5) is 22.3. The minimum atomic E-state index is -1.59. The summed E-state index contributed by atoms with van der Waals surface area (Å²) in [6.07, 6.45) is -1.59. The number of aliphatic hydroxyl groups excluding tert-OH is 1. The summed E-state index contributed by atoms with van der Waals surface area (Å²) in [5, 5.41) is 20.0. The number of carbonyl (C=O) groups is 2. The first-order chi connectivity index (χ1) is 8.32. The minimum Gasteiger partial charge on any atom is -0.479 e. The lowest BCUT2D eigenvalue weighted by Gasteiger charge is -2.10. The first kappa shape index (κ1) is 16.4. The summed E-state index contributed by atoms with van der Waals surface area (Å²) >= 11 is 6.28. The molecule has 1 aromatic rings. The van der Waals surface area contributed by atoms with Gasteiger partial charge in [-0.25, -0.2) is 4.79 Å². The Labute approximate surface area is 144 Å². The van der Waals surface area contributed by atoms with Crippen LogP contribution in [0.15, 0.2) is 12.1 Å². The zero-order chi connectivity index (χ0) is 13.9. The zero-order valence-corrected chi connectivity index (χ0v) is 15.3. The highest BCUT2D eigenvalue weighted by atomic mass is 127. The molecule has 1 amide bonds. The van der Waals surface area contributed by atoms with Crippen LogP contribution < -0.4 is 5.32 Å². The SMILES string of the molecule is O=C(NC[C@H](O)C(=O)O)c1cc(I)cc(I)c1I. The Morgan fingerprint density at radius 2 is 1.89 bits per heavy atom. The van der Waals surface area contributed by atoms with Crippen molar-refractivity contribution in [2.24, 2.45) is 0 Å². The molecule has 0 spiro atoms. The first-order valence-corrected chi connectivity index (χ1v) is 7.90. The lowest BCUT2D eigenvalue weighted by atomic mass is 10.2. The summed E-state index contributed by atoms with van der Waals surface area (Å²) in [6.45, 7) is -0.313. The van der Waals surface area contributed by atoms with Gasteiger partial charge >= 0.3 is 5.97 Å². The van der Waals surface area contributed by atoms with E-state index in [1.165, 1.54) is 0 Å². The molecule has 98 valence electrons. The van der Waals surface area contributed by atoms with E-state index in [0.29, 0.717) is 5.56 Å². The van der Waals surface area contributed by atoms with E-state index in [-0.39, 0.29) is 6.54 Å². The number of carboxylic acid groups (broad SMARTS) is 1. The summed E-state index contributed by atoms with van der Waals surface area (Å²) in [5.41, 5.74) is 0.476. The van der Waals surface area contributed by atoms with Gasteiger partial charge in [0.05, 0.1) is 12.1 Å². The van der Waals surface area contributed by atoms with Crippen molar-refractivity contribution in [2.45, 2.75) is 6.10 Å². The van der Waals surface area contributed by atoms with Crippen LogP contribution in [0.25, 0.3) is 0 Å². The highest BCUT2D eigenvalue weighted by Gasteiger charge is 2.17. The fraction of sp³-hybridized carbons (Fsp3) is 0.200. The normalized spacial score (nSPS) is 12.0. The Morgan fingerprint density at radius 3 is 2.44 bits per heavy atom. The van der Waals surface area contributed by atoms with Gasteiger partial charge in [-0.3, -0.25) is 4.79 Å². The van der Waals surface area contributed by atoms with Gasteiger partial charge in [-0.1, -0.05) is 0 Å². The number of aliphatic carboxylic acids is 1. The minimum absolute atomic E-state index is 0.313. The molecule has 18 heavy (non-hydrogen) atoms. The summed E-state index contributed by atoms with van der Waals surface area (Å²) < 4.78 is 2.67. The van der Waals surface area contributed by atoms with Gasteiger partial charge < -0.3 is 15.5 Å². The second-order valence-electron chi connectivity index (χ2n) is 3.31. The quantitative estimate of drug-likeness (QED) is 0.370. The number of amides is 1. The summed E-state index contributed by atoms with van der Waals surface area (Å²) in [7, 11) is 0. The van der Waals surface area contributed by atoms with E-state index >= 15 is 0 Å². The van der Waals surface area contributed by atoms with Crippen molar-refractivity contribution in [1.82, 2.24) is 5.32 Å². The van der Waals surface area contributed by atoms with Crippen molar-refractivity contribution in [3.05, 3.63) is 28.4 Å². The maximum absolute atomic E-state index is 11.9. The molecule has 0 aliphatic carbocycles. The number of aliphatic hydroxyl groups is 1. The average molecular weight is 587 g/mol. The number of hydrogen-bond donors (Lipinski definition) is 3. The van der Waals surface area contributed by atoms with Crippen LogP contribution in [0.4, 0.5) is 0 Å². The molecular formula is C10H8I3NO4. The van der Waals surface area contributed by atoms with Crippen LogP contribution in [0, 0.1) is 10.7 Å². The van der Waals surface area contributed by atoms with Crippen LogP contribution in [-0.2, 0) is 4.79 Å². The molecule has 5 nitrogen and oxygen atoms in total. The summed E-state index contributed by atoms with van der Waals surface area (Å²) in [6, 6.07) is 3.65. The molecule has 0 aliphatic rings. The monoisotopic (exact) mass is 587 g/mol. The van der Waals surface area contributed by atoms with E-state index in [9.17, 15) is 9.59 Å². The van der Waals surface area contributed by atoms with E-state index in [4.69, 9.17) is 10.2 Å². The smallest absolute Gasteiger partial charge is 0.334 e. The van der Waals surface area contributed by atoms with Gasteiger partial charge in [0.2, 0.25) is 0 Å². The summed E-state index contributed by atoms with van der Waals surface area (Å²) in [5.74, 6) is -1.75. The van der Waals surface area contributed by atoms with Crippen LogP contribution in [0.2, 0.25) is 0 Å². The fourth-order valence-corrected chi connectivity index (χ4v) is 3.49. The maximum atomic E-state index is 11.9. The van der Waals surface area contributed by atoms with Crippen molar-refractivity contribution < 1.29 is 19.8 Å². The van der Waals surface area contributed by atoms with E-state index in [2.05, 4.69) is 73.1 Å². The van der Waals surface area contributed by atoms with Gasteiger partial charge in [0.15, 0.2) is 6.10 Å². The van der Waals surface area contributed by atoms with Crippen LogP contribution in [0.3, 0.4) is 0 Å². The molecule has 0 radical (unpaired) electrons. The molecule has 0 aliphatic heterocycles. The van der Waals surface area contributed by atoms with E-state index in [0.717, 1.165) is 10.7 Å². The van der Waals surface area contributed by atoms with Gasteiger partial charge in [0, 0.05) is 10.7 Å². The highest BCUT2D eigenvalue weighted by molar-refractivity contribution is 14.1. The number of carbonyl (C=O) groups excluding carboxylic acids is 1. The van der Waals surface area contributed by atoms with Gasteiger partial charge in [0.1, 0.15) is 0 Å². The third-order valence-corrected chi connectivity index (χ3v) is 5.65. The molecular weight excluding hydrogens is 579 g/mol. The van der Waals surface area contributed by atoms with Gasteiger partial charge in [-0.15, -0.1) is 0 Å². The Hall–Kier alpha value is 0.310. The molecule has 8 heteroatoms. The zero-order valence-electron chi connectivity index (χ0n) is 8.78. The number of rotatable bonds is 4. The van der Waals surface area contributed by atoms with Crippen LogP contribution in [0.5, 0.6) is 0 Å². The molecule has 0 heterocycles. The molecule has 3 N–H and O–H groups in total. The number of nitrogens with one attached hydrogen (secondary N) is 1. The highest BCUT2D eigenvalue weighted by Crippen LogP contribution is 2.22. The van der Waals surface area contributed by atoms with Gasteiger partial charge in [-0.05, 0) is 79.9 Å². The van der Waals surface area contributed by atoms with Crippen LogP contribution in [0.1, 0.15) is 10.4 Å². The van der Waals surface area contributed by atoms with E-state index < -0.39 is 18.0 Å². The van der Waals surface area contributed by atoms with Crippen LogP contribution >= 0.6 is 67.8 Å². The molecule has 0 fully saturated rings. The Kier molecular flexibility index (Phi) is 6.54. The first-order valence-electron chi connectivity index (χ1n) is 4.66. The Balaban J connectivity index is 2.82. The molecule has 1 aromatic carbocycles. The lowest BCUT2D eigenvalue weighted by Crippen LogP contribution is -2.36. The topological polar surface area (TPSA) is 86.6 Å². The Morgan fingerprint density at radius 1 is 1.28 bits per heavy atom. The van der Waals surface area contributed by atoms with Gasteiger partial charge in [-0.2, -0.15) is 0 Å². The van der Waals surface area contributed by atoms with E-state index in [1.807, 2.05) is 6.07 Å². The third kappa shape index (κ3) is 4.45. The molecule has 1 atom stereocenters. The third-order valence-electron chi connectivity index (χ3n) is 1.98. The number of hydrogen-bond acceptors (Lipinski definition) is 3. The molecule has 0 saturated heterocycles. The van der Waals surface area contributed by atoms with Crippen molar-refractivity contribution in [3.8, 4) is 0 Å². The number of halogens is 3. The fourth-order valence-electron chi connectivity index (χ4n) is 1.09. The van der Waals surface area contributed by atoms with E-state index in [1.54, 1.807) is 6.07 Å². The molecule has 0 unspecified atom stereocenters. The second kappa shape index (κ2) is 7.19. The molecule has 0 aromatic heterocycles. The molecule has 0 saturated carbocycles. The standard InChI is InChI=1S/C10H8I3NO4/c11-4-1-5(8(13)6(12)2-4)9(16)14-3-7(15)10(17)18/h1-2,7,15H,3H2,(H,14,16)(H,17,18)/t7-/m0/s1. The van der Waals surface area contributed by atoms with Crippen molar-refractivity contribution in [3.63, 3.8) is 0 Å². The number of carboxylic acids is 1. The van der Waals surface area contributed by atoms with Crippen molar-refractivity contribution in [2.75, 3.05) is 6.54 Å². The number of benzene rings is 1. The predicted molar refractivity (Wildman–Crippen MR) is 90.6 cm³/mol. The van der Waals surface area contributed by atoms with Crippen LogP contribution in [-0.4, -0.2) is 34.7 Å². The molecule has 1 rings (SSSR count). The predicted octanol–water partition coefficient (Wildman–Crippen LogP) is 1.68. The second-order valence-corrected chi connectivity index (χ2v) is 6.80. The average Bonchev–Trinajstić information content (AvgIpc) is 2.29. The molecule has 0 bridgehead atoms. The van der Waals surface area contributed by atoms with Crippen molar-refractivity contribution in [1.29, 1.82) is 0 Å².